The molecule has 0 fully saturated rings. The molecule has 1 N–H and O–H groups in total. The minimum Gasteiger partial charge on any atom is -0.296 e. The van der Waals surface area contributed by atoms with E-state index in [2.05, 4.69) is 10.1 Å². The van der Waals surface area contributed by atoms with E-state index >= 15 is 0 Å². The average Bonchev–Trinajstić information content (AvgIpc) is 3.18. The lowest BCUT2D eigenvalue weighted by molar-refractivity contribution is 0.628. The average molecular weight is 325 g/mol. The molecule has 0 aliphatic carbocycles. The van der Waals surface area contributed by atoms with Crippen molar-refractivity contribution < 1.29 is 4.39 Å². The summed E-state index contributed by atoms with van der Waals surface area (Å²) < 4.78 is 14.5. The molecule has 0 atom stereocenters. The van der Waals surface area contributed by atoms with E-state index in [0.29, 0.717) is 12.1 Å². The van der Waals surface area contributed by atoms with Gasteiger partial charge in [-0.25, -0.2) is 13.9 Å². The van der Waals surface area contributed by atoms with Crippen LogP contribution in [0.2, 0.25) is 0 Å². The van der Waals surface area contributed by atoms with Crippen molar-refractivity contribution >= 4 is 17.0 Å². The Morgan fingerprint density at radius 1 is 1.22 bits per heavy atom. The number of rotatable bonds is 3. The fourth-order valence-corrected chi connectivity index (χ4v) is 3.23. The first kappa shape index (κ1) is 13.9. The third kappa shape index (κ3) is 2.57. The minimum absolute atomic E-state index is 0.159. The summed E-state index contributed by atoms with van der Waals surface area (Å²) in [6.45, 7) is 0. The molecule has 4 nitrogen and oxygen atoms in total. The van der Waals surface area contributed by atoms with Gasteiger partial charge in [0.25, 0.3) is 5.56 Å². The molecule has 0 aliphatic rings. The van der Waals surface area contributed by atoms with Crippen LogP contribution >= 0.6 is 11.3 Å². The Kier molecular flexibility index (Phi) is 3.31. The van der Waals surface area contributed by atoms with Crippen molar-refractivity contribution in [1.29, 1.82) is 0 Å². The third-order valence-electron chi connectivity index (χ3n) is 3.67. The summed E-state index contributed by atoms with van der Waals surface area (Å²) in [5.41, 5.74) is 3.82. The molecule has 23 heavy (non-hydrogen) atoms. The van der Waals surface area contributed by atoms with Gasteiger partial charge in [-0.3, -0.25) is 9.89 Å². The van der Waals surface area contributed by atoms with Crippen LogP contribution in [-0.2, 0) is 6.42 Å². The molecule has 0 radical (unpaired) electrons. The maximum absolute atomic E-state index is 13.1. The summed E-state index contributed by atoms with van der Waals surface area (Å²) in [5, 5.41) is 6.95. The molecule has 0 saturated heterocycles. The molecule has 0 bridgehead atoms. The van der Waals surface area contributed by atoms with Crippen molar-refractivity contribution in [3.63, 3.8) is 0 Å². The fourth-order valence-electron chi connectivity index (χ4n) is 2.56. The zero-order valence-electron chi connectivity index (χ0n) is 12.0. The largest absolute Gasteiger partial charge is 0.296 e. The van der Waals surface area contributed by atoms with Gasteiger partial charge >= 0.3 is 0 Å². The number of H-pyrrole nitrogens is 1. The van der Waals surface area contributed by atoms with Crippen LogP contribution in [0, 0.1) is 5.82 Å². The molecule has 4 rings (SSSR count). The van der Waals surface area contributed by atoms with Crippen LogP contribution < -0.4 is 5.56 Å². The summed E-state index contributed by atoms with van der Waals surface area (Å²) in [6.07, 6.45) is 2.33. The molecule has 114 valence electrons. The number of halogens is 1. The maximum Gasteiger partial charge on any atom is 0.272 e. The highest BCUT2D eigenvalue weighted by Gasteiger charge is 2.11. The highest BCUT2D eigenvalue weighted by molar-refractivity contribution is 7.07. The van der Waals surface area contributed by atoms with Crippen LogP contribution in [0.3, 0.4) is 0 Å². The van der Waals surface area contributed by atoms with Gasteiger partial charge in [0.15, 0.2) is 5.65 Å². The van der Waals surface area contributed by atoms with Crippen molar-refractivity contribution in [3.05, 3.63) is 80.8 Å². The molecular weight excluding hydrogens is 313 g/mol. The molecule has 1 aromatic carbocycles. The topological polar surface area (TPSA) is 50.2 Å². The van der Waals surface area contributed by atoms with Gasteiger partial charge in [-0.15, -0.1) is 0 Å². The SMILES string of the molecule is O=c1cc(Cc2ccsc2)nc2c(-c3ccc(F)cc3)c[nH]n12. The molecule has 3 heterocycles. The Morgan fingerprint density at radius 3 is 2.78 bits per heavy atom. The summed E-state index contributed by atoms with van der Waals surface area (Å²) in [5.74, 6) is -0.295. The molecule has 6 heteroatoms. The van der Waals surface area contributed by atoms with E-state index in [4.69, 9.17) is 0 Å². The van der Waals surface area contributed by atoms with Crippen molar-refractivity contribution in [2.45, 2.75) is 6.42 Å². The van der Waals surface area contributed by atoms with E-state index in [1.165, 1.54) is 22.7 Å². The van der Waals surface area contributed by atoms with E-state index in [1.54, 1.807) is 29.7 Å². The number of benzene rings is 1. The van der Waals surface area contributed by atoms with E-state index in [0.717, 1.165) is 22.4 Å². The number of nitrogens with one attached hydrogen (secondary N) is 1. The highest BCUT2D eigenvalue weighted by atomic mass is 32.1. The van der Waals surface area contributed by atoms with Crippen molar-refractivity contribution in [2.24, 2.45) is 0 Å². The van der Waals surface area contributed by atoms with Crippen LogP contribution in [0.25, 0.3) is 16.8 Å². The van der Waals surface area contributed by atoms with E-state index in [-0.39, 0.29) is 11.4 Å². The molecule has 0 aliphatic heterocycles. The van der Waals surface area contributed by atoms with Gasteiger partial charge in [0, 0.05) is 24.2 Å². The monoisotopic (exact) mass is 325 g/mol. The third-order valence-corrected chi connectivity index (χ3v) is 4.40. The minimum atomic E-state index is -0.295. The van der Waals surface area contributed by atoms with Gasteiger partial charge in [0.1, 0.15) is 5.82 Å². The van der Waals surface area contributed by atoms with Crippen LogP contribution in [-0.4, -0.2) is 14.6 Å². The Labute approximate surface area is 134 Å². The quantitative estimate of drug-likeness (QED) is 0.627. The lowest BCUT2D eigenvalue weighted by atomic mass is 10.1. The van der Waals surface area contributed by atoms with Gasteiger partial charge in [-0.2, -0.15) is 11.3 Å². The number of hydrogen-bond donors (Lipinski definition) is 1. The van der Waals surface area contributed by atoms with Gasteiger partial charge in [0.2, 0.25) is 0 Å². The second kappa shape index (κ2) is 5.48. The number of hydrogen-bond acceptors (Lipinski definition) is 3. The Balaban J connectivity index is 1.85. The first-order valence-corrected chi connectivity index (χ1v) is 8.02. The zero-order valence-corrected chi connectivity index (χ0v) is 12.8. The summed E-state index contributed by atoms with van der Waals surface area (Å²) in [4.78, 5) is 16.9. The van der Waals surface area contributed by atoms with Crippen LogP contribution in [0.1, 0.15) is 11.3 Å². The molecule has 3 aromatic heterocycles. The van der Waals surface area contributed by atoms with Crippen LogP contribution in [0.15, 0.2) is 58.1 Å². The summed E-state index contributed by atoms with van der Waals surface area (Å²) in [7, 11) is 0. The fraction of sp³-hybridized carbons (Fsp3) is 0.0588. The predicted octanol–water partition coefficient (Wildman–Crippen LogP) is 3.48. The molecule has 4 aromatic rings. The smallest absolute Gasteiger partial charge is 0.272 e. The van der Waals surface area contributed by atoms with Gasteiger partial charge in [-0.1, -0.05) is 12.1 Å². The predicted molar refractivity (Wildman–Crippen MR) is 88.3 cm³/mol. The van der Waals surface area contributed by atoms with E-state index in [1.807, 2.05) is 16.8 Å². The molecule has 0 spiro atoms. The number of fused-ring (bicyclic) bond motifs is 1. The maximum atomic E-state index is 13.1. The van der Waals surface area contributed by atoms with E-state index < -0.39 is 0 Å². The Bertz CT molecular complexity index is 1020. The zero-order chi connectivity index (χ0) is 15.8. The molecule has 0 amide bonds. The lowest BCUT2D eigenvalue weighted by Gasteiger charge is -2.02. The first-order valence-electron chi connectivity index (χ1n) is 7.08. The second-order valence-corrected chi connectivity index (χ2v) is 6.03. The highest BCUT2D eigenvalue weighted by Crippen LogP contribution is 2.23. The van der Waals surface area contributed by atoms with Crippen LogP contribution in [0.5, 0.6) is 0 Å². The normalized spacial score (nSPS) is 11.2. The van der Waals surface area contributed by atoms with Crippen LogP contribution in [0.4, 0.5) is 4.39 Å². The standard InChI is InChI=1S/C17H12FN3OS/c18-13-3-1-12(2-4-13)15-9-19-21-16(22)8-14(20-17(15)21)7-11-5-6-23-10-11/h1-6,8-10,19H,7H2. The molecular formula is C17H12FN3OS. The molecule has 0 unspecified atom stereocenters. The summed E-state index contributed by atoms with van der Waals surface area (Å²) >= 11 is 1.62. The Morgan fingerprint density at radius 2 is 2.04 bits per heavy atom. The number of thiophene rings is 1. The van der Waals surface area contributed by atoms with Crippen molar-refractivity contribution in [2.75, 3.05) is 0 Å². The number of nitrogens with zero attached hydrogens (tertiary/aromatic N) is 2. The van der Waals surface area contributed by atoms with Gasteiger partial charge < -0.3 is 0 Å². The van der Waals surface area contributed by atoms with Gasteiger partial charge in [-0.05, 0) is 40.1 Å². The van der Waals surface area contributed by atoms with Crippen molar-refractivity contribution in [1.82, 2.24) is 14.6 Å². The number of aromatic amines is 1. The summed E-state index contributed by atoms with van der Waals surface area (Å²) in [6, 6.07) is 9.70. The lowest BCUT2D eigenvalue weighted by Crippen LogP contribution is -2.15. The molecule has 0 saturated carbocycles. The van der Waals surface area contributed by atoms with Gasteiger partial charge in [0.05, 0.1) is 5.69 Å². The van der Waals surface area contributed by atoms with E-state index in [9.17, 15) is 9.18 Å². The van der Waals surface area contributed by atoms with Crippen molar-refractivity contribution in [3.8, 4) is 11.1 Å². The Hall–Kier alpha value is -2.73. The second-order valence-electron chi connectivity index (χ2n) is 5.25. The first-order chi connectivity index (χ1) is 11.2. The number of aromatic nitrogens is 3.